The van der Waals surface area contributed by atoms with E-state index in [1.165, 1.54) is 10.5 Å². The summed E-state index contributed by atoms with van der Waals surface area (Å²) in [5, 5.41) is 3.55. The highest BCUT2D eigenvalue weighted by Gasteiger charge is 2.06. The van der Waals surface area contributed by atoms with Crippen LogP contribution in [-0.2, 0) is 6.54 Å². The maximum absolute atomic E-state index is 3.59. The van der Waals surface area contributed by atoms with E-state index in [2.05, 4.69) is 72.0 Å². The second kappa shape index (κ2) is 10.7. The molecule has 0 heterocycles. The van der Waals surface area contributed by atoms with Gasteiger partial charge in [-0.05, 0) is 49.3 Å². The molecular formula is C17H29BrN2S. The molecule has 1 aromatic rings. The van der Waals surface area contributed by atoms with Crippen LogP contribution in [-0.4, -0.2) is 36.8 Å². The molecule has 0 spiro atoms. The summed E-state index contributed by atoms with van der Waals surface area (Å²) in [6.45, 7) is 14.4. The molecule has 1 aromatic carbocycles. The molecule has 0 fully saturated rings. The summed E-state index contributed by atoms with van der Waals surface area (Å²) in [6, 6.07) is 6.63. The van der Waals surface area contributed by atoms with E-state index >= 15 is 0 Å². The third kappa shape index (κ3) is 7.68. The molecule has 2 nitrogen and oxygen atoms in total. The predicted molar refractivity (Wildman–Crippen MR) is 99.2 cm³/mol. The molecule has 120 valence electrons. The molecule has 0 aromatic heterocycles. The minimum absolute atomic E-state index is 0.691. The monoisotopic (exact) mass is 372 g/mol. The van der Waals surface area contributed by atoms with Crippen molar-refractivity contribution in [2.75, 3.05) is 31.9 Å². The van der Waals surface area contributed by atoms with Crippen LogP contribution >= 0.6 is 27.7 Å². The number of nitrogens with one attached hydrogen (secondary N) is 1. The van der Waals surface area contributed by atoms with E-state index < -0.39 is 0 Å². The van der Waals surface area contributed by atoms with E-state index in [0.29, 0.717) is 5.92 Å². The van der Waals surface area contributed by atoms with Crippen molar-refractivity contribution in [3.63, 3.8) is 0 Å². The molecule has 0 unspecified atom stereocenters. The highest BCUT2D eigenvalue weighted by molar-refractivity contribution is 9.10. The van der Waals surface area contributed by atoms with Gasteiger partial charge in [0.1, 0.15) is 0 Å². The molecule has 1 N–H and O–H groups in total. The van der Waals surface area contributed by atoms with E-state index in [9.17, 15) is 0 Å². The Morgan fingerprint density at radius 2 is 1.95 bits per heavy atom. The fourth-order valence-corrected chi connectivity index (χ4v) is 3.61. The zero-order chi connectivity index (χ0) is 15.7. The molecule has 21 heavy (non-hydrogen) atoms. The van der Waals surface area contributed by atoms with Gasteiger partial charge in [0.25, 0.3) is 0 Å². The van der Waals surface area contributed by atoms with Crippen molar-refractivity contribution in [2.24, 2.45) is 5.92 Å². The number of hydrogen-bond acceptors (Lipinski definition) is 3. The van der Waals surface area contributed by atoms with Gasteiger partial charge in [0.2, 0.25) is 0 Å². The average molecular weight is 373 g/mol. The Balaban J connectivity index is 2.55. The molecule has 0 bridgehead atoms. The normalized spacial score (nSPS) is 11.6. The predicted octanol–water partition coefficient (Wildman–Crippen LogP) is 4.63. The number of rotatable bonds is 10. The number of thioether (sulfide) groups is 1. The lowest BCUT2D eigenvalue weighted by Gasteiger charge is -2.18. The van der Waals surface area contributed by atoms with Gasteiger partial charge in [-0.1, -0.05) is 43.6 Å². The fraction of sp³-hybridized carbons (Fsp3) is 0.647. The Morgan fingerprint density at radius 3 is 2.57 bits per heavy atom. The van der Waals surface area contributed by atoms with Gasteiger partial charge in [-0.25, -0.2) is 0 Å². The SMILES string of the molecule is CCN(CC)CCSc1ccc(Br)cc1CNCC(C)C. The van der Waals surface area contributed by atoms with Gasteiger partial charge in [0.15, 0.2) is 0 Å². The molecule has 0 aliphatic rings. The van der Waals surface area contributed by atoms with E-state index in [4.69, 9.17) is 0 Å². The topological polar surface area (TPSA) is 15.3 Å². The van der Waals surface area contributed by atoms with Crippen molar-refractivity contribution in [3.05, 3.63) is 28.2 Å². The lowest BCUT2D eigenvalue weighted by atomic mass is 10.2. The second-order valence-corrected chi connectivity index (χ2v) is 7.70. The molecule has 0 amide bonds. The summed E-state index contributed by atoms with van der Waals surface area (Å²) in [5.74, 6) is 1.84. The van der Waals surface area contributed by atoms with Crippen LogP contribution in [0.1, 0.15) is 33.3 Å². The molecule has 0 saturated heterocycles. The van der Waals surface area contributed by atoms with E-state index in [-0.39, 0.29) is 0 Å². The number of halogens is 1. The van der Waals surface area contributed by atoms with Crippen molar-refractivity contribution in [1.29, 1.82) is 0 Å². The highest BCUT2D eigenvalue weighted by Crippen LogP contribution is 2.26. The molecule has 0 aliphatic heterocycles. The van der Waals surface area contributed by atoms with E-state index in [1.54, 1.807) is 0 Å². The quantitative estimate of drug-likeness (QED) is 0.602. The molecular weight excluding hydrogens is 344 g/mol. The van der Waals surface area contributed by atoms with Crippen molar-refractivity contribution in [1.82, 2.24) is 10.2 Å². The minimum atomic E-state index is 0.691. The summed E-state index contributed by atoms with van der Waals surface area (Å²) >= 11 is 5.56. The maximum atomic E-state index is 3.59. The number of hydrogen-bond donors (Lipinski definition) is 1. The smallest absolute Gasteiger partial charge is 0.0217 e. The van der Waals surface area contributed by atoms with Gasteiger partial charge in [-0.2, -0.15) is 0 Å². The Hall–Kier alpha value is -0.0300. The van der Waals surface area contributed by atoms with Crippen LogP contribution in [0.15, 0.2) is 27.6 Å². The van der Waals surface area contributed by atoms with Crippen LogP contribution in [0.25, 0.3) is 0 Å². The standard InChI is InChI=1S/C17H29BrN2S/c1-5-20(6-2)9-10-21-17-8-7-16(18)11-15(17)13-19-12-14(3)4/h7-8,11,14,19H,5-6,9-10,12-13H2,1-4H3. The van der Waals surface area contributed by atoms with Gasteiger partial charge in [-0.3, -0.25) is 0 Å². The Labute approximate surface area is 143 Å². The average Bonchev–Trinajstić information content (AvgIpc) is 2.45. The first-order valence-electron chi connectivity index (χ1n) is 7.91. The largest absolute Gasteiger partial charge is 0.312 e. The number of nitrogens with zero attached hydrogens (tertiary/aromatic N) is 1. The third-order valence-electron chi connectivity index (χ3n) is 3.45. The van der Waals surface area contributed by atoms with Crippen LogP contribution in [0.4, 0.5) is 0 Å². The second-order valence-electron chi connectivity index (χ2n) is 5.65. The molecule has 0 saturated carbocycles. The maximum Gasteiger partial charge on any atom is 0.0217 e. The lowest BCUT2D eigenvalue weighted by molar-refractivity contribution is 0.324. The van der Waals surface area contributed by atoms with Gasteiger partial charge in [-0.15, -0.1) is 11.8 Å². The Bertz CT molecular complexity index is 406. The molecule has 0 atom stereocenters. The van der Waals surface area contributed by atoms with Crippen LogP contribution < -0.4 is 5.32 Å². The first kappa shape index (κ1) is 19.0. The zero-order valence-corrected chi connectivity index (χ0v) is 16.2. The summed E-state index contributed by atoms with van der Waals surface area (Å²) in [7, 11) is 0. The van der Waals surface area contributed by atoms with Crippen molar-refractivity contribution < 1.29 is 0 Å². The van der Waals surface area contributed by atoms with Gasteiger partial charge >= 0.3 is 0 Å². The van der Waals surface area contributed by atoms with Gasteiger partial charge in [0.05, 0.1) is 0 Å². The Morgan fingerprint density at radius 1 is 1.24 bits per heavy atom. The summed E-state index contributed by atoms with van der Waals surface area (Å²) in [4.78, 5) is 3.88. The highest BCUT2D eigenvalue weighted by atomic mass is 79.9. The zero-order valence-electron chi connectivity index (χ0n) is 13.8. The van der Waals surface area contributed by atoms with Crippen LogP contribution in [0.5, 0.6) is 0 Å². The van der Waals surface area contributed by atoms with E-state index in [0.717, 1.165) is 42.9 Å². The fourth-order valence-electron chi connectivity index (χ4n) is 2.15. The van der Waals surface area contributed by atoms with Gasteiger partial charge < -0.3 is 10.2 Å². The van der Waals surface area contributed by atoms with Crippen LogP contribution in [0, 0.1) is 5.92 Å². The first-order valence-corrected chi connectivity index (χ1v) is 9.68. The van der Waals surface area contributed by atoms with Crippen molar-refractivity contribution in [3.8, 4) is 0 Å². The van der Waals surface area contributed by atoms with Gasteiger partial charge in [0, 0.05) is 28.2 Å². The third-order valence-corrected chi connectivity index (χ3v) is 5.04. The molecule has 0 aliphatic carbocycles. The molecule has 1 rings (SSSR count). The van der Waals surface area contributed by atoms with Crippen LogP contribution in [0.3, 0.4) is 0 Å². The Kier molecular flexibility index (Phi) is 9.65. The minimum Gasteiger partial charge on any atom is -0.312 e. The number of benzene rings is 1. The van der Waals surface area contributed by atoms with Crippen molar-refractivity contribution in [2.45, 2.75) is 39.1 Å². The van der Waals surface area contributed by atoms with E-state index in [1.807, 2.05) is 11.8 Å². The lowest BCUT2D eigenvalue weighted by Crippen LogP contribution is -2.25. The first-order chi connectivity index (χ1) is 10.1. The molecule has 4 heteroatoms. The summed E-state index contributed by atoms with van der Waals surface area (Å²) in [6.07, 6.45) is 0. The summed E-state index contributed by atoms with van der Waals surface area (Å²) in [5.41, 5.74) is 1.40. The van der Waals surface area contributed by atoms with Crippen LogP contribution in [0.2, 0.25) is 0 Å². The molecule has 0 radical (unpaired) electrons. The summed E-state index contributed by atoms with van der Waals surface area (Å²) < 4.78 is 1.16. The van der Waals surface area contributed by atoms with Crippen molar-refractivity contribution >= 4 is 27.7 Å².